The Labute approximate surface area is 218 Å². The highest BCUT2D eigenvalue weighted by molar-refractivity contribution is 5.97. The van der Waals surface area contributed by atoms with E-state index in [0.717, 1.165) is 44.4 Å². The van der Waals surface area contributed by atoms with Crippen molar-refractivity contribution in [3.63, 3.8) is 0 Å². The number of hydrogen-bond acceptors (Lipinski definition) is 6. The number of amides is 1. The van der Waals surface area contributed by atoms with Gasteiger partial charge in [0.05, 0.1) is 34.5 Å². The Morgan fingerprint density at radius 3 is 2.55 bits per heavy atom. The topological polar surface area (TPSA) is 125 Å². The second-order valence-corrected chi connectivity index (χ2v) is 10.4. The van der Waals surface area contributed by atoms with Gasteiger partial charge in [0.15, 0.2) is 11.5 Å². The Bertz CT molecular complexity index is 1830. The predicted molar refractivity (Wildman–Crippen MR) is 148 cm³/mol. The molecule has 0 aliphatic rings. The second-order valence-electron chi connectivity index (χ2n) is 10.4. The van der Waals surface area contributed by atoms with Crippen molar-refractivity contribution in [2.45, 2.75) is 27.7 Å². The summed E-state index contributed by atoms with van der Waals surface area (Å²) >= 11 is 0. The lowest BCUT2D eigenvalue weighted by atomic mass is 9.95. The predicted octanol–water partition coefficient (Wildman–Crippen LogP) is 5.92. The molecule has 0 bridgehead atoms. The average Bonchev–Trinajstić information content (AvgIpc) is 3.52. The molecule has 6 rings (SSSR count). The van der Waals surface area contributed by atoms with Crippen LogP contribution in [0.3, 0.4) is 0 Å². The van der Waals surface area contributed by atoms with Gasteiger partial charge in [-0.3, -0.25) is 19.9 Å². The number of rotatable bonds is 4. The molecule has 0 spiro atoms. The fourth-order valence-corrected chi connectivity index (χ4v) is 4.30. The van der Waals surface area contributed by atoms with Crippen LogP contribution in [-0.2, 0) is 4.79 Å². The number of fused-ring (bicyclic) bond motifs is 2. The number of pyridine rings is 3. The summed E-state index contributed by atoms with van der Waals surface area (Å²) < 4.78 is 0. The zero-order valence-electron chi connectivity index (χ0n) is 21.5. The van der Waals surface area contributed by atoms with Crippen molar-refractivity contribution in [1.29, 1.82) is 0 Å². The molecule has 0 unspecified atom stereocenters. The third-order valence-corrected chi connectivity index (χ3v) is 6.38. The van der Waals surface area contributed by atoms with Gasteiger partial charge in [-0.25, -0.2) is 9.97 Å². The first-order valence-corrected chi connectivity index (χ1v) is 12.3. The number of nitrogens with zero attached hydrogens (tertiary/aromatic N) is 5. The van der Waals surface area contributed by atoms with Gasteiger partial charge < -0.3 is 10.3 Å². The number of nitrogens with one attached hydrogen (secondary N) is 3. The maximum Gasteiger partial charge on any atom is 0.229 e. The van der Waals surface area contributed by atoms with Gasteiger partial charge in [-0.15, -0.1) is 0 Å². The summed E-state index contributed by atoms with van der Waals surface area (Å²) in [6.07, 6.45) is 8.74. The van der Waals surface area contributed by atoms with Crippen LogP contribution in [0.25, 0.3) is 55.8 Å². The first-order chi connectivity index (χ1) is 18.3. The summed E-state index contributed by atoms with van der Waals surface area (Å²) in [5.41, 5.74) is 7.94. The summed E-state index contributed by atoms with van der Waals surface area (Å²) in [6, 6.07) is 12.2. The van der Waals surface area contributed by atoms with Gasteiger partial charge in [0, 0.05) is 40.7 Å². The van der Waals surface area contributed by atoms with E-state index in [2.05, 4.69) is 60.6 Å². The normalized spacial score (nSPS) is 11.8. The van der Waals surface area contributed by atoms with Crippen LogP contribution < -0.4 is 5.32 Å². The molecule has 9 heteroatoms. The first-order valence-electron chi connectivity index (χ1n) is 12.3. The van der Waals surface area contributed by atoms with E-state index in [1.54, 1.807) is 24.8 Å². The van der Waals surface area contributed by atoms with E-state index in [1.807, 2.05) is 45.2 Å². The summed E-state index contributed by atoms with van der Waals surface area (Å²) in [7, 11) is 0. The number of benzene rings is 1. The van der Waals surface area contributed by atoms with Gasteiger partial charge in [-0.1, -0.05) is 50.6 Å². The summed E-state index contributed by atoms with van der Waals surface area (Å²) in [4.78, 5) is 34.1. The number of anilines is 1. The van der Waals surface area contributed by atoms with Crippen molar-refractivity contribution < 1.29 is 4.79 Å². The number of aromatic amines is 2. The quantitative estimate of drug-likeness (QED) is 0.275. The van der Waals surface area contributed by atoms with Crippen LogP contribution in [0, 0.1) is 12.3 Å². The molecule has 0 aliphatic carbocycles. The molecule has 0 radical (unpaired) electrons. The van der Waals surface area contributed by atoms with E-state index in [1.165, 1.54) is 5.56 Å². The van der Waals surface area contributed by atoms with Crippen LogP contribution in [0.2, 0.25) is 0 Å². The minimum atomic E-state index is -0.510. The molecule has 1 amide bonds. The maximum atomic E-state index is 12.4. The largest absolute Gasteiger partial charge is 0.335 e. The molecule has 0 saturated heterocycles. The molecule has 5 heterocycles. The third-order valence-electron chi connectivity index (χ3n) is 6.38. The number of carbonyl (C=O) groups is 1. The average molecular weight is 503 g/mol. The fraction of sp³-hybridized carbons (Fsp3) is 0.172. The zero-order chi connectivity index (χ0) is 26.4. The zero-order valence-corrected chi connectivity index (χ0v) is 21.5. The molecule has 38 heavy (non-hydrogen) atoms. The summed E-state index contributed by atoms with van der Waals surface area (Å²) in [5, 5.41) is 11.2. The van der Waals surface area contributed by atoms with E-state index in [0.29, 0.717) is 17.2 Å². The van der Waals surface area contributed by atoms with Crippen LogP contribution in [0.4, 0.5) is 5.69 Å². The number of H-pyrrole nitrogens is 2. The van der Waals surface area contributed by atoms with Gasteiger partial charge in [0.25, 0.3) is 0 Å². The standard InChI is InChI=1S/C29H26N8O/c1-16-6-5-7-17(8-16)22-14-31-15-23-24(22)35-27(34-23)25-21-10-19(12-32-26(21)37-36-25)18-9-20(13-30-11-18)33-28(38)29(2,3)4/h5-15H,1-4H3,(H,33,38)(H,34,35)(H,32,36,37). The molecule has 1 aromatic carbocycles. The Kier molecular flexibility index (Phi) is 5.48. The lowest BCUT2D eigenvalue weighted by molar-refractivity contribution is -0.123. The van der Waals surface area contributed by atoms with Crippen molar-refractivity contribution in [3.05, 3.63) is 72.9 Å². The minimum Gasteiger partial charge on any atom is -0.335 e. The smallest absolute Gasteiger partial charge is 0.229 e. The lowest BCUT2D eigenvalue weighted by Gasteiger charge is -2.17. The Hall–Kier alpha value is -4.92. The molecule has 0 aliphatic heterocycles. The van der Waals surface area contributed by atoms with Crippen molar-refractivity contribution in [3.8, 4) is 33.8 Å². The van der Waals surface area contributed by atoms with Gasteiger partial charge in [-0.05, 0) is 24.6 Å². The second kappa shape index (κ2) is 8.88. The molecule has 0 fully saturated rings. The van der Waals surface area contributed by atoms with Crippen LogP contribution in [-0.4, -0.2) is 41.0 Å². The van der Waals surface area contributed by atoms with E-state index in [9.17, 15) is 4.79 Å². The highest BCUT2D eigenvalue weighted by Crippen LogP contribution is 2.32. The number of carbonyl (C=O) groups excluding carboxylic acids is 1. The van der Waals surface area contributed by atoms with Crippen molar-refractivity contribution in [2.24, 2.45) is 5.41 Å². The Morgan fingerprint density at radius 2 is 1.74 bits per heavy atom. The summed E-state index contributed by atoms with van der Waals surface area (Å²) in [6.45, 7) is 7.68. The fourth-order valence-electron chi connectivity index (χ4n) is 4.30. The molecular formula is C29H26N8O. The highest BCUT2D eigenvalue weighted by Gasteiger charge is 2.21. The maximum absolute atomic E-state index is 12.4. The van der Waals surface area contributed by atoms with E-state index >= 15 is 0 Å². The number of aromatic nitrogens is 7. The molecule has 9 nitrogen and oxygen atoms in total. The van der Waals surface area contributed by atoms with Gasteiger partial charge in [0.1, 0.15) is 5.69 Å². The van der Waals surface area contributed by atoms with Crippen LogP contribution in [0.15, 0.2) is 67.4 Å². The van der Waals surface area contributed by atoms with Crippen LogP contribution in [0.1, 0.15) is 26.3 Å². The van der Waals surface area contributed by atoms with Crippen molar-refractivity contribution >= 4 is 33.7 Å². The molecule has 5 aromatic heterocycles. The molecule has 3 N–H and O–H groups in total. The van der Waals surface area contributed by atoms with Gasteiger partial charge >= 0.3 is 0 Å². The van der Waals surface area contributed by atoms with Crippen molar-refractivity contribution in [1.82, 2.24) is 35.1 Å². The SMILES string of the molecule is Cc1cccc(-c2cncc3[nH]c(-c4[nH]nc5ncc(-c6cncc(NC(=O)C(C)(C)C)c6)cc45)nc23)c1. The lowest BCUT2D eigenvalue weighted by Crippen LogP contribution is -2.27. The van der Waals surface area contributed by atoms with E-state index in [-0.39, 0.29) is 5.91 Å². The minimum absolute atomic E-state index is 0.0773. The molecule has 188 valence electrons. The number of hydrogen-bond donors (Lipinski definition) is 3. The Balaban J connectivity index is 1.40. The van der Waals surface area contributed by atoms with Gasteiger partial charge in [0.2, 0.25) is 5.91 Å². The third kappa shape index (κ3) is 4.28. The summed E-state index contributed by atoms with van der Waals surface area (Å²) in [5.74, 6) is 0.569. The highest BCUT2D eigenvalue weighted by atomic mass is 16.2. The molecule has 0 atom stereocenters. The van der Waals surface area contributed by atoms with Gasteiger partial charge in [-0.2, -0.15) is 5.10 Å². The van der Waals surface area contributed by atoms with Crippen molar-refractivity contribution in [2.75, 3.05) is 5.32 Å². The Morgan fingerprint density at radius 1 is 0.921 bits per heavy atom. The number of imidazole rings is 1. The van der Waals surface area contributed by atoms with E-state index < -0.39 is 5.41 Å². The molecule has 0 saturated carbocycles. The van der Waals surface area contributed by atoms with Crippen LogP contribution in [0.5, 0.6) is 0 Å². The van der Waals surface area contributed by atoms with E-state index in [4.69, 9.17) is 4.98 Å². The molecule has 6 aromatic rings. The first kappa shape index (κ1) is 23.5. The number of aryl methyl sites for hydroxylation is 1. The molecular weight excluding hydrogens is 476 g/mol. The monoisotopic (exact) mass is 502 g/mol. The van der Waals surface area contributed by atoms with Crippen LogP contribution >= 0.6 is 0 Å².